The zero-order chi connectivity index (χ0) is 13.3. The van der Waals surface area contributed by atoms with Crippen LogP contribution >= 0.6 is 0 Å². The van der Waals surface area contributed by atoms with Crippen molar-refractivity contribution >= 4 is 10.0 Å². The minimum atomic E-state index is -3.52. The predicted octanol–water partition coefficient (Wildman–Crippen LogP) is 1.25. The summed E-state index contributed by atoms with van der Waals surface area (Å²) in [7, 11) is -3.52. The normalized spacial score (nSPS) is 19.1. The van der Waals surface area contributed by atoms with Gasteiger partial charge in [-0.25, -0.2) is 12.8 Å². The highest BCUT2D eigenvalue weighted by Gasteiger charge is 2.29. The van der Waals surface area contributed by atoms with E-state index in [1.54, 1.807) is 6.92 Å². The van der Waals surface area contributed by atoms with E-state index in [0.717, 1.165) is 0 Å². The Hall–Kier alpha value is -0.980. The van der Waals surface area contributed by atoms with Gasteiger partial charge < -0.3 is 5.73 Å². The van der Waals surface area contributed by atoms with Crippen LogP contribution in [0.15, 0.2) is 23.1 Å². The van der Waals surface area contributed by atoms with Crippen LogP contribution in [0.25, 0.3) is 0 Å². The molecule has 2 N–H and O–H groups in total. The first-order valence-corrected chi connectivity index (χ1v) is 7.37. The molecule has 1 aromatic carbocycles. The fourth-order valence-corrected chi connectivity index (χ4v) is 3.83. The van der Waals surface area contributed by atoms with E-state index >= 15 is 0 Å². The Balaban J connectivity index is 2.30. The van der Waals surface area contributed by atoms with E-state index < -0.39 is 15.8 Å². The Kier molecular flexibility index (Phi) is 3.70. The minimum absolute atomic E-state index is 0.0748. The third-order valence-electron chi connectivity index (χ3n) is 3.25. The number of aryl methyl sites for hydroxylation is 1. The van der Waals surface area contributed by atoms with Gasteiger partial charge in [0.15, 0.2) is 0 Å². The number of halogens is 1. The maximum atomic E-state index is 13.0. The number of nitrogens with two attached hydrogens (primary N) is 1. The quantitative estimate of drug-likeness (QED) is 0.881. The Morgan fingerprint density at radius 2 is 1.94 bits per heavy atom. The van der Waals surface area contributed by atoms with Gasteiger partial charge in [0.05, 0.1) is 4.90 Å². The molecule has 1 aliphatic rings. The number of piperidine rings is 1. The van der Waals surface area contributed by atoms with Crippen molar-refractivity contribution in [3.63, 3.8) is 0 Å². The van der Waals surface area contributed by atoms with Crippen molar-refractivity contribution in [1.29, 1.82) is 0 Å². The van der Waals surface area contributed by atoms with Crippen LogP contribution in [0.4, 0.5) is 4.39 Å². The number of hydrogen-bond acceptors (Lipinski definition) is 3. The van der Waals surface area contributed by atoms with Gasteiger partial charge in [-0.2, -0.15) is 4.31 Å². The van der Waals surface area contributed by atoms with Crippen molar-refractivity contribution in [2.45, 2.75) is 30.7 Å². The second-order valence-corrected chi connectivity index (χ2v) is 6.56. The van der Waals surface area contributed by atoms with Crippen LogP contribution in [-0.4, -0.2) is 31.9 Å². The second kappa shape index (κ2) is 4.95. The molecule has 0 radical (unpaired) electrons. The monoisotopic (exact) mass is 272 g/mol. The molecule has 0 spiro atoms. The first-order valence-electron chi connectivity index (χ1n) is 5.93. The molecule has 1 fully saturated rings. The zero-order valence-corrected chi connectivity index (χ0v) is 11.1. The molecule has 1 heterocycles. The highest BCUT2D eigenvalue weighted by atomic mass is 32.2. The van der Waals surface area contributed by atoms with E-state index in [1.165, 1.54) is 22.5 Å². The lowest BCUT2D eigenvalue weighted by Crippen LogP contribution is -2.42. The van der Waals surface area contributed by atoms with Gasteiger partial charge in [-0.1, -0.05) is 0 Å². The number of rotatable bonds is 2. The van der Waals surface area contributed by atoms with E-state index in [-0.39, 0.29) is 10.9 Å². The molecule has 6 heteroatoms. The average Bonchev–Trinajstić information content (AvgIpc) is 2.29. The van der Waals surface area contributed by atoms with Crippen LogP contribution in [0.2, 0.25) is 0 Å². The molecular formula is C12H17FN2O2S. The van der Waals surface area contributed by atoms with E-state index in [2.05, 4.69) is 0 Å². The van der Waals surface area contributed by atoms with Crippen molar-refractivity contribution in [1.82, 2.24) is 4.31 Å². The molecule has 0 aromatic heterocycles. The summed E-state index contributed by atoms with van der Waals surface area (Å²) in [5.74, 6) is -0.424. The topological polar surface area (TPSA) is 63.4 Å². The van der Waals surface area contributed by atoms with Gasteiger partial charge in [-0.15, -0.1) is 0 Å². The van der Waals surface area contributed by atoms with Gasteiger partial charge in [-0.05, 0) is 43.5 Å². The molecular weight excluding hydrogens is 255 g/mol. The number of benzene rings is 1. The highest BCUT2D eigenvalue weighted by molar-refractivity contribution is 7.89. The van der Waals surface area contributed by atoms with Crippen molar-refractivity contribution in [3.05, 3.63) is 29.6 Å². The SMILES string of the molecule is Cc1cc(F)ccc1S(=O)(=O)N1CCC(N)CC1. The lowest BCUT2D eigenvalue weighted by molar-refractivity contribution is 0.320. The Labute approximate surface area is 107 Å². The Bertz CT molecular complexity index is 537. The molecule has 1 saturated heterocycles. The summed E-state index contributed by atoms with van der Waals surface area (Å²) in [6.07, 6.45) is 1.33. The van der Waals surface area contributed by atoms with Crippen LogP contribution in [-0.2, 0) is 10.0 Å². The second-order valence-electron chi connectivity index (χ2n) is 4.65. The van der Waals surface area contributed by atoms with Crippen LogP contribution in [0, 0.1) is 12.7 Å². The summed E-state index contributed by atoms with van der Waals surface area (Å²) < 4.78 is 39.2. The zero-order valence-electron chi connectivity index (χ0n) is 10.3. The van der Waals surface area contributed by atoms with Gasteiger partial charge in [-0.3, -0.25) is 0 Å². The molecule has 18 heavy (non-hydrogen) atoms. The van der Waals surface area contributed by atoms with E-state index in [0.29, 0.717) is 31.5 Å². The fourth-order valence-electron chi connectivity index (χ4n) is 2.16. The molecule has 0 aliphatic carbocycles. The molecule has 100 valence electrons. The number of sulfonamides is 1. The van der Waals surface area contributed by atoms with Gasteiger partial charge in [0.2, 0.25) is 10.0 Å². The molecule has 0 unspecified atom stereocenters. The molecule has 2 rings (SSSR count). The van der Waals surface area contributed by atoms with E-state index in [1.807, 2.05) is 0 Å². The third kappa shape index (κ3) is 2.55. The van der Waals surface area contributed by atoms with E-state index in [9.17, 15) is 12.8 Å². The number of hydrogen-bond donors (Lipinski definition) is 1. The third-order valence-corrected chi connectivity index (χ3v) is 5.31. The summed E-state index contributed by atoms with van der Waals surface area (Å²) in [4.78, 5) is 0.180. The summed E-state index contributed by atoms with van der Waals surface area (Å²) in [5, 5.41) is 0. The van der Waals surface area contributed by atoms with Gasteiger partial charge >= 0.3 is 0 Å². The molecule has 1 aromatic rings. The maximum Gasteiger partial charge on any atom is 0.243 e. The Morgan fingerprint density at radius 1 is 1.33 bits per heavy atom. The molecule has 1 aliphatic heterocycles. The van der Waals surface area contributed by atoms with Crippen molar-refractivity contribution in [2.75, 3.05) is 13.1 Å². The van der Waals surface area contributed by atoms with Crippen LogP contribution < -0.4 is 5.73 Å². The van der Waals surface area contributed by atoms with Gasteiger partial charge in [0.1, 0.15) is 5.82 Å². The molecule has 0 amide bonds. The lowest BCUT2D eigenvalue weighted by Gasteiger charge is -2.29. The van der Waals surface area contributed by atoms with Crippen molar-refractivity contribution in [3.8, 4) is 0 Å². The summed E-state index contributed by atoms with van der Waals surface area (Å²) in [6, 6.07) is 3.82. The van der Waals surface area contributed by atoms with Gasteiger partial charge in [0, 0.05) is 19.1 Å². The lowest BCUT2D eigenvalue weighted by atomic mass is 10.1. The van der Waals surface area contributed by atoms with Crippen LogP contribution in [0.3, 0.4) is 0 Å². The summed E-state index contributed by atoms with van der Waals surface area (Å²) in [6.45, 7) is 2.46. The first-order chi connectivity index (χ1) is 8.41. The summed E-state index contributed by atoms with van der Waals surface area (Å²) in [5.41, 5.74) is 6.19. The largest absolute Gasteiger partial charge is 0.328 e. The molecule has 0 atom stereocenters. The molecule has 4 nitrogen and oxygen atoms in total. The smallest absolute Gasteiger partial charge is 0.243 e. The predicted molar refractivity (Wildman–Crippen MR) is 67.1 cm³/mol. The Morgan fingerprint density at radius 3 is 2.50 bits per heavy atom. The van der Waals surface area contributed by atoms with E-state index in [4.69, 9.17) is 5.73 Å². The standard InChI is InChI=1S/C12H17FN2O2S/c1-9-8-10(13)2-3-12(9)18(16,17)15-6-4-11(14)5-7-15/h2-3,8,11H,4-7,14H2,1H3. The van der Waals surface area contributed by atoms with Crippen LogP contribution in [0.1, 0.15) is 18.4 Å². The fraction of sp³-hybridized carbons (Fsp3) is 0.500. The van der Waals surface area contributed by atoms with Crippen molar-refractivity contribution < 1.29 is 12.8 Å². The first kappa shape index (κ1) is 13.5. The maximum absolute atomic E-state index is 13.0. The minimum Gasteiger partial charge on any atom is -0.328 e. The summed E-state index contributed by atoms with van der Waals surface area (Å²) >= 11 is 0. The van der Waals surface area contributed by atoms with Crippen molar-refractivity contribution in [2.24, 2.45) is 5.73 Å². The molecule has 0 saturated carbocycles. The highest BCUT2D eigenvalue weighted by Crippen LogP contribution is 2.23. The average molecular weight is 272 g/mol. The number of nitrogens with zero attached hydrogens (tertiary/aromatic N) is 1. The molecule has 0 bridgehead atoms. The van der Waals surface area contributed by atoms with Gasteiger partial charge in [0.25, 0.3) is 0 Å². The van der Waals surface area contributed by atoms with Crippen LogP contribution in [0.5, 0.6) is 0 Å².